The van der Waals surface area contributed by atoms with Gasteiger partial charge >= 0.3 is 12.0 Å². The fraction of sp³-hybridized carbons (Fsp3) is 0.333. The van der Waals surface area contributed by atoms with Crippen LogP contribution in [0.25, 0.3) is 10.9 Å². The zero-order valence-corrected chi connectivity index (χ0v) is 14.7. The summed E-state index contributed by atoms with van der Waals surface area (Å²) in [5.41, 5.74) is 0.760. The van der Waals surface area contributed by atoms with Crippen LogP contribution in [0.5, 0.6) is 0 Å². The molecule has 26 heavy (non-hydrogen) atoms. The number of pyridine rings is 1. The van der Waals surface area contributed by atoms with Gasteiger partial charge in [0.05, 0.1) is 11.1 Å². The summed E-state index contributed by atoms with van der Waals surface area (Å²) in [5, 5.41) is 5.60. The van der Waals surface area contributed by atoms with Crippen LogP contribution in [0.4, 0.5) is 4.79 Å². The summed E-state index contributed by atoms with van der Waals surface area (Å²) in [7, 11) is 0. The van der Waals surface area contributed by atoms with Crippen molar-refractivity contribution in [3.63, 3.8) is 0 Å². The lowest BCUT2D eigenvalue weighted by Crippen LogP contribution is -2.45. The third kappa shape index (κ3) is 4.49. The number of urea groups is 1. The quantitative estimate of drug-likeness (QED) is 0.632. The summed E-state index contributed by atoms with van der Waals surface area (Å²) in [5.74, 6) is -1.41. The Hall–Kier alpha value is -2.67. The number of carbonyl (C=O) groups excluding carboxylic acids is 3. The molecular formula is C18H18ClN3O4. The van der Waals surface area contributed by atoms with Gasteiger partial charge in [0.2, 0.25) is 0 Å². The third-order valence-electron chi connectivity index (χ3n) is 4.18. The van der Waals surface area contributed by atoms with Gasteiger partial charge in [-0.05, 0) is 25.0 Å². The van der Waals surface area contributed by atoms with Gasteiger partial charge in [0.25, 0.3) is 5.91 Å². The second kappa shape index (κ2) is 8.14. The van der Waals surface area contributed by atoms with Gasteiger partial charge in [0.15, 0.2) is 6.61 Å². The number of para-hydroxylation sites is 1. The number of esters is 1. The van der Waals surface area contributed by atoms with Crippen LogP contribution in [0.2, 0.25) is 5.15 Å². The van der Waals surface area contributed by atoms with E-state index in [0.29, 0.717) is 10.9 Å². The molecule has 0 bridgehead atoms. The van der Waals surface area contributed by atoms with Crippen molar-refractivity contribution in [3.8, 4) is 0 Å². The average Bonchev–Trinajstić information content (AvgIpc) is 3.11. The molecule has 3 rings (SSSR count). The van der Waals surface area contributed by atoms with Crippen LogP contribution >= 0.6 is 11.6 Å². The summed E-state index contributed by atoms with van der Waals surface area (Å²) in [6.07, 6.45) is 3.96. The van der Waals surface area contributed by atoms with Crippen LogP contribution in [0.15, 0.2) is 30.3 Å². The van der Waals surface area contributed by atoms with Gasteiger partial charge < -0.3 is 10.1 Å². The Morgan fingerprint density at radius 2 is 1.92 bits per heavy atom. The zero-order chi connectivity index (χ0) is 18.5. The minimum absolute atomic E-state index is 0.0932. The molecule has 1 heterocycles. The molecule has 136 valence electrons. The Labute approximate surface area is 155 Å². The molecule has 8 heteroatoms. The number of nitrogens with zero attached hydrogens (tertiary/aromatic N) is 1. The van der Waals surface area contributed by atoms with Gasteiger partial charge in [-0.25, -0.2) is 14.6 Å². The van der Waals surface area contributed by atoms with E-state index in [1.165, 1.54) is 6.07 Å². The minimum Gasteiger partial charge on any atom is -0.452 e. The van der Waals surface area contributed by atoms with E-state index >= 15 is 0 Å². The molecule has 2 aromatic rings. The number of imide groups is 1. The molecule has 2 N–H and O–H groups in total. The van der Waals surface area contributed by atoms with Gasteiger partial charge in [-0.3, -0.25) is 10.1 Å². The van der Waals surface area contributed by atoms with E-state index in [1.807, 2.05) is 0 Å². The molecule has 0 saturated heterocycles. The number of carbonyl (C=O) groups is 3. The number of rotatable bonds is 4. The van der Waals surface area contributed by atoms with Gasteiger partial charge in [-0.1, -0.05) is 42.6 Å². The van der Waals surface area contributed by atoms with Crippen LogP contribution < -0.4 is 10.6 Å². The molecular weight excluding hydrogens is 358 g/mol. The zero-order valence-electron chi connectivity index (χ0n) is 14.0. The highest BCUT2D eigenvalue weighted by atomic mass is 35.5. The summed E-state index contributed by atoms with van der Waals surface area (Å²) in [6, 6.07) is 7.87. The molecule has 7 nitrogen and oxygen atoms in total. The fourth-order valence-corrected chi connectivity index (χ4v) is 3.18. The monoisotopic (exact) mass is 375 g/mol. The van der Waals surface area contributed by atoms with Crippen molar-refractivity contribution < 1.29 is 19.1 Å². The standard InChI is InChI=1S/C18H18ClN3O4/c19-15-9-13(12-7-3-4-8-14(12)21-15)17(24)26-10-16(23)22-18(25)20-11-5-1-2-6-11/h3-4,7-9,11H,1-2,5-6,10H2,(H2,20,22,23,25). The van der Waals surface area contributed by atoms with Gasteiger partial charge in [0.1, 0.15) is 5.15 Å². The van der Waals surface area contributed by atoms with Gasteiger partial charge in [-0.2, -0.15) is 0 Å². The summed E-state index contributed by atoms with van der Waals surface area (Å²) in [4.78, 5) is 40.0. The smallest absolute Gasteiger partial charge is 0.339 e. The average molecular weight is 376 g/mol. The number of nitrogens with one attached hydrogen (secondary N) is 2. The maximum absolute atomic E-state index is 12.3. The van der Waals surface area contributed by atoms with Crippen molar-refractivity contribution in [3.05, 3.63) is 41.0 Å². The van der Waals surface area contributed by atoms with E-state index in [-0.39, 0.29) is 16.8 Å². The Bertz CT molecular complexity index is 849. The van der Waals surface area contributed by atoms with Crippen molar-refractivity contribution in [2.24, 2.45) is 0 Å². The molecule has 0 atom stereocenters. The highest BCUT2D eigenvalue weighted by molar-refractivity contribution is 6.30. The lowest BCUT2D eigenvalue weighted by atomic mass is 10.1. The lowest BCUT2D eigenvalue weighted by molar-refractivity contribution is -0.123. The topological polar surface area (TPSA) is 97.4 Å². The molecule has 0 spiro atoms. The van der Waals surface area contributed by atoms with Crippen molar-refractivity contribution in [1.82, 2.24) is 15.6 Å². The molecule has 1 saturated carbocycles. The van der Waals surface area contributed by atoms with Gasteiger partial charge in [0, 0.05) is 11.4 Å². The number of fused-ring (bicyclic) bond motifs is 1. The second-order valence-corrected chi connectivity index (χ2v) is 6.48. The molecule has 1 aromatic carbocycles. The van der Waals surface area contributed by atoms with E-state index in [1.54, 1.807) is 24.3 Å². The van der Waals surface area contributed by atoms with Crippen LogP contribution in [0, 0.1) is 0 Å². The molecule has 0 unspecified atom stereocenters. The molecule has 1 aliphatic carbocycles. The van der Waals surface area contributed by atoms with E-state index in [4.69, 9.17) is 16.3 Å². The summed E-state index contributed by atoms with van der Waals surface area (Å²) < 4.78 is 5.01. The molecule has 0 aliphatic heterocycles. The van der Waals surface area contributed by atoms with Crippen molar-refractivity contribution in [2.45, 2.75) is 31.7 Å². The van der Waals surface area contributed by atoms with Crippen LogP contribution in [-0.2, 0) is 9.53 Å². The minimum atomic E-state index is -0.711. The number of ether oxygens (including phenoxy) is 1. The van der Waals surface area contributed by atoms with Crippen molar-refractivity contribution in [2.75, 3.05) is 6.61 Å². The van der Waals surface area contributed by atoms with Gasteiger partial charge in [-0.15, -0.1) is 0 Å². The molecule has 1 aromatic heterocycles. The number of hydrogen-bond acceptors (Lipinski definition) is 5. The number of aromatic nitrogens is 1. The van der Waals surface area contributed by atoms with Crippen LogP contribution in [0.3, 0.4) is 0 Å². The second-order valence-electron chi connectivity index (χ2n) is 6.09. The predicted molar refractivity (Wildman–Crippen MR) is 96.0 cm³/mol. The van der Waals surface area contributed by atoms with E-state index in [9.17, 15) is 14.4 Å². The Morgan fingerprint density at radius 1 is 1.19 bits per heavy atom. The van der Waals surface area contributed by atoms with E-state index in [0.717, 1.165) is 25.7 Å². The predicted octanol–water partition coefficient (Wildman–Crippen LogP) is 2.81. The Kier molecular flexibility index (Phi) is 5.68. The number of halogens is 1. The number of benzene rings is 1. The first-order valence-corrected chi connectivity index (χ1v) is 8.73. The number of amides is 3. The first kappa shape index (κ1) is 18.1. The molecule has 1 fully saturated rings. The molecule has 3 amide bonds. The first-order valence-electron chi connectivity index (χ1n) is 8.35. The highest BCUT2D eigenvalue weighted by Gasteiger charge is 2.19. The van der Waals surface area contributed by atoms with E-state index < -0.39 is 24.5 Å². The molecule has 0 radical (unpaired) electrons. The SMILES string of the molecule is O=C(COC(=O)c1cc(Cl)nc2ccccc12)NC(=O)NC1CCCC1. The van der Waals surface area contributed by atoms with Crippen LogP contribution in [0.1, 0.15) is 36.0 Å². The largest absolute Gasteiger partial charge is 0.452 e. The normalized spacial score (nSPS) is 14.2. The third-order valence-corrected chi connectivity index (χ3v) is 4.38. The maximum Gasteiger partial charge on any atom is 0.339 e. The van der Waals surface area contributed by atoms with Crippen molar-refractivity contribution >= 4 is 40.4 Å². The highest BCUT2D eigenvalue weighted by Crippen LogP contribution is 2.21. The lowest BCUT2D eigenvalue weighted by Gasteiger charge is -2.12. The maximum atomic E-state index is 12.3. The number of hydrogen-bond donors (Lipinski definition) is 2. The summed E-state index contributed by atoms with van der Waals surface area (Å²) in [6.45, 7) is -0.564. The Morgan fingerprint density at radius 3 is 2.69 bits per heavy atom. The fourth-order valence-electron chi connectivity index (χ4n) is 2.98. The molecule has 1 aliphatic rings. The van der Waals surface area contributed by atoms with Crippen molar-refractivity contribution in [1.29, 1.82) is 0 Å². The van der Waals surface area contributed by atoms with E-state index in [2.05, 4.69) is 15.6 Å². The first-order chi connectivity index (χ1) is 12.5. The summed E-state index contributed by atoms with van der Waals surface area (Å²) >= 11 is 5.93. The van der Waals surface area contributed by atoms with Crippen LogP contribution in [-0.4, -0.2) is 35.5 Å². The Balaban J connectivity index is 1.57.